The molecule has 1 atom stereocenters. The molecule has 4 aromatic heterocycles. The van der Waals surface area contributed by atoms with Gasteiger partial charge in [0.15, 0.2) is 11.5 Å². The van der Waals surface area contributed by atoms with Crippen LogP contribution in [0.4, 0.5) is 11.6 Å². The third-order valence-electron chi connectivity index (χ3n) is 5.88. The summed E-state index contributed by atoms with van der Waals surface area (Å²) in [5.74, 6) is 1.65. The number of fused-ring (bicyclic) bond motifs is 2. The summed E-state index contributed by atoms with van der Waals surface area (Å²) < 4.78 is 1.96. The minimum Gasteiger partial charge on any atom is -0.361 e. The number of rotatable bonds is 4. The Labute approximate surface area is 183 Å². The van der Waals surface area contributed by atoms with E-state index in [9.17, 15) is 10.1 Å². The molecule has 0 bridgehead atoms. The first-order valence-electron chi connectivity index (χ1n) is 10.4. The number of piperazine rings is 1. The Morgan fingerprint density at radius 2 is 2.06 bits per heavy atom. The number of nitrogens with zero attached hydrogens (tertiary/aromatic N) is 8. The zero-order valence-electron chi connectivity index (χ0n) is 17.8. The van der Waals surface area contributed by atoms with Gasteiger partial charge in [0.05, 0.1) is 29.6 Å². The number of aromatic amines is 1. The molecule has 5 rings (SSSR count). The molecule has 0 spiro atoms. The van der Waals surface area contributed by atoms with Gasteiger partial charge in [0, 0.05) is 38.7 Å². The van der Waals surface area contributed by atoms with Crippen LogP contribution in [-0.2, 0) is 4.79 Å². The van der Waals surface area contributed by atoms with Crippen LogP contribution in [0.15, 0.2) is 31.2 Å². The molecule has 1 fully saturated rings. The van der Waals surface area contributed by atoms with Gasteiger partial charge in [0.25, 0.3) is 0 Å². The van der Waals surface area contributed by atoms with Gasteiger partial charge in [-0.05, 0) is 13.0 Å². The van der Waals surface area contributed by atoms with Gasteiger partial charge in [-0.15, -0.1) is 0 Å². The highest BCUT2D eigenvalue weighted by Crippen LogP contribution is 2.33. The Hall–Kier alpha value is -4.20. The third-order valence-corrected chi connectivity index (χ3v) is 5.88. The molecule has 162 valence electrons. The normalized spacial score (nSPS) is 15.2. The number of nitriles is 1. The van der Waals surface area contributed by atoms with Crippen molar-refractivity contribution in [2.24, 2.45) is 0 Å². The Morgan fingerprint density at radius 3 is 2.81 bits per heavy atom. The van der Waals surface area contributed by atoms with Crippen LogP contribution < -0.4 is 10.2 Å². The van der Waals surface area contributed by atoms with Gasteiger partial charge in [0.1, 0.15) is 30.1 Å². The van der Waals surface area contributed by atoms with Gasteiger partial charge in [-0.2, -0.15) is 5.26 Å². The van der Waals surface area contributed by atoms with E-state index in [2.05, 4.69) is 41.2 Å². The lowest BCUT2D eigenvalue weighted by Gasteiger charge is -2.37. The fourth-order valence-corrected chi connectivity index (χ4v) is 4.23. The van der Waals surface area contributed by atoms with Gasteiger partial charge >= 0.3 is 0 Å². The van der Waals surface area contributed by atoms with Gasteiger partial charge in [-0.3, -0.25) is 9.20 Å². The number of hydrogen-bond donors (Lipinski definition) is 2. The minimum absolute atomic E-state index is 0.0827. The molecule has 0 saturated carbocycles. The van der Waals surface area contributed by atoms with E-state index < -0.39 is 0 Å². The summed E-state index contributed by atoms with van der Waals surface area (Å²) in [7, 11) is 0. The highest BCUT2D eigenvalue weighted by atomic mass is 16.2. The number of anilines is 2. The zero-order chi connectivity index (χ0) is 22.2. The van der Waals surface area contributed by atoms with Gasteiger partial charge in [-0.1, -0.05) is 0 Å². The number of carbonyl (C=O) groups excluding carboxylic acids is 1. The molecular formula is C21H22N10O. The fraction of sp³-hybridized carbons (Fsp3) is 0.333. The molecular weight excluding hydrogens is 408 g/mol. The largest absolute Gasteiger partial charge is 0.361 e. The van der Waals surface area contributed by atoms with Crippen LogP contribution in [0.2, 0.25) is 0 Å². The first kappa shape index (κ1) is 19.7. The Kier molecular flexibility index (Phi) is 4.82. The maximum Gasteiger partial charge on any atom is 0.219 e. The summed E-state index contributed by atoms with van der Waals surface area (Å²) in [6.07, 6.45) is 6.50. The molecule has 0 aromatic carbocycles. The number of imidazole rings is 2. The van der Waals surface area contributed by atoms with E-state index >= 15 is 0 Å². The van der Waals surface area contributed by atoms with E-state index in [-0.39, 0.29) is 11.9 Å². The standard InChI is InChI=1S/C21H22N10O/c1-13(28-20-18-19(25-10-24-18)26-11-27-20)16-7-15(8-22)17-9-23-12-31(17)21(16)30-5-3-29(4-6-30)14(2)32/h7,9-13H,3-6H2,1-2H3,(H2,24,25,26,27,28). The van der Waals surface area contributed by atoms with Crippen molar-refractivity contribution in [1.82, 2.24) is 34.2 Å². The van der Waals surface area contributed by atoms with E-state index in [1.165, 1.54) is 6.33 Å². The first-order chi connectivity index (χ1) is 15.6. The van der Waals surface area contributed by atoms with Crippen LogP contribution in [0.5, 0.6) is 0 Å². The van der Waals surface area contributed by atoms with Crippen molar-refractivity contribution in [1.29, 1.82) is 5.26 Å². The summed E-state index contributed by atoms with van der Waals surface area (Å²) in [6.45, 7) is 6.29. The van der Waals surface area contributed by atoms with Crippen LogP contribution in [0.1, 0.15) is 31.0 Å². The molecule has 1 aliphatic heterocycles. The second-order valence-electron chi connectivity index (χ2n) is 7.78. The van der Waals surface area contributed by atoms with E-state index in [0.717, 1.165) is 16.9 Å². The number of nitrogens with one attached hydrogen (secondary N) is 2. The molecule has 32 heavy (non-hydrogen) atoms. The Bertz CT molecular complexity index is 1340. The SMILES string of the molecule is CC(=O)N1CCN(c2c(C(C)Nc3ncnc4[nH]cnc34)cc(C#N)c3cncn23)CC1. The molecule has 0 aliphatic carbocycles. The van der Waals surface area contributed by atoms with Crippen molar-refractivity contribution >= 4 is 34.2 Å². The zero-order valence-corrected chi connectivity index (χ0v) is 17.8. The van der Waals surface area contributed by atoms with Crippen molar-refractivity contribution in [2.75, 3.05) is 36.4 Å². The van der Waals surface area contributed by atoms with Crippen molar-refractivity contribution in [2.45, 2.75) is 19.9 Å². The van der Waals surface area contributed by atoms with E-state index in [1.54, 1.807) is 25.8 Å². The first-order valence-corrected chi connectivity index (χ1v) is 10.4. The summed E-state index contributed by atoms with van der Waals surface area (Å²) >= 11 is 0. The van der Waals surface area contributed by atoms with E-state index in [4.69, 9.17) is 0 Å². The lowest BCUT2D eigenvalue weighted by Crippen LogP contribution is -2.49. The predicted octanol–water partition coefficient (Wildman–Crippen LogP) is 1.71. The summed E-state index contributed by atoms with van der Waals surface area (Å²) in [6, 6.07) is 4.01. The molecule has 1 amide bonds. The minimum atomic E-state index is -0.190. The molecule has 1 aliphatic rings. The Balaban J connectivity index is 1.57. The van der Waals surface area contributed by atoms with Gasteiger partial charge < -0.3 is 20.1 Å². The quantitative estimate of drug-likeness (QED) is 0.500. The van der Waals surface area contributed by atoms with E-state index in [1.807, 2.05) is 22.3 Å². The number of amides is 1. The number of carbonyl (C=O) groups is 1. The highest BCUT2D eigenvalue weighted by Gasteiger charge is 2.26. The lowest BCUT2D eigenvalue weighted by atomic mass is 10.0. The number of hydrogen-bond acceptors (Lipinski definition) is 8. The fourth-order valence-electron chi connectivity index (χ4n) is 4.23. The molecule has 0 radical (unpaired) electrons. The molecule has 11 nitrogen and oxygen atoms in total. The Morgan fingerprint density at radius 1 is 1.25 bits per heavy atom. The summed E-state index contributed by atoms with van der Waals surface area (Å²) in [5, 5.41) is 13.2. The number of H-pyrrole nitrogens is 1. The van der Waals surface area contributed by atoms with E-state index in [0.29, 0.717) is 48.7 Å². The number of pyridine rings is 1. The average molecular weight is 430 g/mol. The third kappa shape index (κ3) is 3.26. The second-order valence-corrected chi connectivity index (χ2v) is 7.78. The van der Waals surface area contributed by atoms with Crippen LogP contribution in [-0.4, -0.2) is 66.3 Å². The van der Waals surface area contributed by atoms with Crippen molar-refractivity contribution in [3.05, 3.63) is 42.4 Å². The van der Waals surface area contributed by atoms with Crippen LogP contribution >= 0.6 is 0 Å². The molecule has 4 aromatic rings. The van der Waals surface area contributed by atoms with Gasteiger partial charge in [-0.25, -0.2) is 19.9 Å². The lowest BCUT2D eigenvalue weighted by molar-refractivity contribution is -0.129. The van der Waals surface area contributed by atoms with Crippen molar-refractivity contribution in [3.63, 3.8) is 0 Å². The highest BCUT2D eigenvalue weighted by molar-refractivity contribution is 5.82. The maximum atomic E-state index is 11.8. The predicted molar refractivity (Wildman–Crippen MR) is 118 cm³/mol. The second kappa shape index (κ2) is 7.81. The molecule has 2 N–H and O–H groups in total. The molecule has 5 heterocycles. The molecule has 1 saturated heterocycles. The monoisotopic (exact) mass is 430 g/mol. The topological polar surface area (TPSA) is 131 Å². The van der Waals surface area contributed by atoms with Gasteiger partial charge in [0.2, 0.25) is 5.91 Å². The molecule has 11 heteroatoms. The molecule has 1 unspecified atom stereocenters. The van der Waals surface area contributed by atoms with Crippen LogP contribution in [0.3, 0.4) is 0 Å². The van der Waals surface area contributed by atoms with Crippen LogP contribution in [0.25, 0.3) is 16.7 Å². The van der Waals surface area contributed by atoms with Crippen molar-refractivity contribution in [3.8, 4) is 6.07 Å². The summed E-state index contributed by atoms with van der Waals surface area (Å²) in [4.78, 5) is 36.0. The van der Waals surface area contributed by atoms with Crippen LogP contribution in [0, 0.1) is 11.3 Å². The summed E-state index contributed by atoms with van der Waals surface area (Å²) in [5.41, 5.74) is 3.54. The average Bonchev–Trinajstić information content (AvgIpc) is 3.48. The van der Waals surface area contributed by atoms with Crippen molar-refractivity contribution < 1.29 is 4.79 Å². The maximum absolute atomic E-state index is 11.8. The smallest absolute Gasteiger partial charge is 0.219 e. The number of aromatic nitrogens is 6.